The van der Waals surface area contributed by atoms with Crippen LogP contribution in [0.1, 0.15) is 49.2 Å². The molecule has 7 heteroatoms. The first-order chi connectivity index (χ1) is 10.3. The van der Waals surface area contributed by atoms with Crippen LogP contribution in [0.15, 0.2) is 28.8 Å². The summed E-state index contributed by atoms with van der Waals surface area (Å²) in [5, 5.41) is 2.95. The van der Waals surface area contributed by atoms with Gasteiger partial charge in [0.15, 0.2) is 15.7 Å². The Kier molecular flexibility index (Phi) is 4.85. The molecule has 0 fully saturated rings. The van der Waals surface area contributed by atoms with Crippen LogP contribution in [0.4, 0.5) is 0 Å². The van der Waals surface area contributed by atoms with Gasteiger partial charge in [0.1, 0.15) is 11.0 Å². The van der Waals surface area contributed by atoms with Crippen LogP contribution in [0, 0.1) is 0 Å². The van der Waals surface area contributed by atoms with Crippen LogP contribution in [0.25, 0.3) is 0 Å². The van der Waals surface area contributed by atoms with Crippen LogP contribution < -0.4 is 4.74 Å². The number of sulfone groups is 1. The topological polar surface area (TPSA) is 82.3 Å². The van der Waals surface area contributed by atoms with Gasteiger partial charge < -0.3 is 9.26 Å². The van der Waals surface area contributed by atoms with Crippen LogP contribution in [-0.4, -0.2) is 25.7 Å². The summed E-state index contributed by atoms with van der Waals surface area (Å²) >= 11 is 0. The minimum Gasteiger partial charge on any atom is -0.496 e. The van der Waals surface area contributed by atoms with E-state index in [0.717, 1.165) is 0 Å². The number of hydrogen-bond acceptors (Lipinski definition) is 6. The first kappa shape index (κ1) is 16.5. The summed E-state index contributed by atoms with van der Waals surface area (Å²) in [6, 6.07) is 7.04. The van der Waals surface area contributed by atoms with Crippen molar-refractivity contribution in [2.24, 2.45) is 0 Å². The molecule has 0 aliphatic rings. The van der Waals surface area contributed by atoms with Crippen LogP contribution in [0.5, 0.6) is 5.75 Å². The van der Waals surface area contributed by atoms with Crippen molar-refractivity contribution in [1.82, 2.24) is 10.1 Å². The lowest BCUT2D eigenvalue weighted by molar-refractivity contribution is 0.369. The van der Waals surface area contributed by atoms with Gasteiger partial charge in [-0.15, -0.1) is 0 Å². The van der Waals surface area contributed by atoms with E-state index < -0.39 is 15.1 Å². The van der Waals surface area contributed by atoms with Gasteiger partial charge in [-0.05, 0) is 13.0 Å². The Hall–Kier alpha value is -1.89. The summed E-state index contributed by atoms with van der Waals surface area (Å²) in [7, 11) is -1.97. The predicted octanol–water partition coefficient (Wildman–Crippen LogP) is 2.88. The predicted molar refractivity (Wildman–Crippen MR) is 82.4 cm³/mol. The molecule has 0 saturated heterocycles. The van der Waals surface area contributed by atoms with Crippen LogP contribution in [0.2, 0.25) is 0 Å². The van der Waals surface area contributed by atoms with Crippen molar-refractivity contribution in [1.29, 1.82) is 0 Å². The summed E-state index contributed by atoms with van der Waals surface area (Å²) < 4.78 is 35.4. The number of aromatic nitrogens is 2. The van der Waals surface area contributed by atoms with Crippen LogP contribution >= 0.6 is 0 Å². The normalized spacial score (nSPS) is 13.3. The molecule has 0 radical (unpaired) electrons. The quantitative estimate of drug-likeness (QED) is 0.812. The second-order valence-electron chi connectivity index (χ2n) is 5.41. The highest BCUT2D eigenvalue weighted by molar-refractivity contribution is 7.90. The SMILES string of the molecule is COc1ccccc1CS(=O)(=O)C(C)c1nc(C(C)C)no1. The Morgan fingerprint density at radius 2 is 1.91 bits per heavy atom. The van der Waals surface area contributed by atoms with E-state index in [4.69, 9.17) is 9.26 Å². The smallest absolute Gasteiger partial charge is 0.244 e. The first-order valence-corrected chi connectivity index (χ1v) is 8.73. The van der Waals surface area contributed by atoms with Crippen molar-refractivity contribution in [2.75, 3.05) is 7.11 Å². The van der Waals surface area contributed by atoms with Gasteiger partial charge in [0.2, 0.25) is 5.89 Å². The molecule has 2 aromatic rings. The molecule has 0 bridgehead atoms. The van der Waals surface area contributed by atoms with Crippen molar-refractivity contribution < 1.29 is 17.7 Å². The fourth-order valence-corrected chi connectivity index (χ4v) is 3.29. The molecule has 1 unspecified atom stereocenters. The molecule has 0 amide bonds. The number of hydrogen-bond donors (Lipinski definition) is 0. The molecule has 2 rings (SSSR count). The summed E-state index contributed by atoms with van der Waals surface area (Å²) in [6.07, 6.45) is 0. The zero-order chi connectivity index (χ0) is 16.3. The van der Waals surface area contributed by atoms with Gasteiger partial charge in [0.25, 0.3) is 0 Å². The monoisotopic (exact) mass is 324 g/mol. The molecule has 1 aromatic carbocycles. The average molecular weight is 324 g/mol. The number of methoxy groups -OCH3 is 1. The van der Waals surface area contributed by atoms with E-state index in [1.165, 1.54) is 7.11 Å². The van der Waals surface area contributed by atoms with E-state index in [1.54, 1.807) is 31.2 Å². The third kappa shape index (κ3) is 3.47. The maximum atomic E-state index is 12.6. The van der Waals surface area contributed by atoms with Crippen molar-refractivity contribution in [2.45, 2.75) is 37.7 Å². The maximum absolute atomic E-state index is 12.6. The number of para-hydroxylation sites is 1. The van der Waals surface area contributed by atoms with E-state index in [9.17, 15) is 8.42 Å². The third-order valence-corrected chi connectivity index (χ3v) is 5.40. The molecule has 1 aromatic heterocycles. The maximum Gasteiger partial charge on any atom is 0.244 e. The van der Waals surface area contributed by atoms with E-state index in [1.807, 2.05) is 13.8 Å². The zero-order valence-corrected chi connectivity index (χ0v) is 13.9. The molecule has 1 atom stereocenters. The van der Waals surface area contributed by atoms with Crippen molar-refractivity contribution in [3.8, 4) is 5.75 Å². The molecule has 22 heavy (non-hydrogen) atoms. The third-order valence-electron chi connectivity index (χ3n) is 3.41. The van der Waals surface area contributed by atoms with Crippen LogP contribution in [-0.2, 0) is 15.6 Å². The summed E-state index contributed by atoms with van der Waals surface area (Å²) in [4.78, 5) is 4.17. The minimum absolute atomic E-state index is 0.0848. The zero-order valence-electron chi connectivity index (χ0n) is 13.1. The Labute approximate surface area is 130 Å². The standard InChI is InChI=1S/C15H20N2O4S/c1-10(2)14-16-15(21-17-14)11(3)22(18,19)9-12-7-5-6-8-13(12)20-4/h5-8,10-11H,9H2,1-4H3. The molecule has 0 aliphatic heterocycles. The highest BCUT2D eigenvalue weighted by Gasteiger charge is 2.29. The highest BCUT2D eigenvalue weighted by Crippen LogP contribution is 2.28. The van der Waals surface area contributed by atoms with Crippen LogP contribution in [0.3, 0.4) is 0 Å². The number of benzene rings is 1. The summed E-state index contributed by atoms with van der Waals surface area (Å²) in [5.41, 5.74) is 0.612. The lowest BCUT2D eigenvalue weighted by atomic mass is 10.2. The molecule has 120 valence electrons. The van der Waals surface area contributed by atoms with Gasteiger partial charge in [-0.3, -0.25) is 0 Å². The van der Waals surface area contributed by atoms with E-state index in [-0.39, 0.29) is 17.6 Å². The fraction of sp³-hybridized carbons (Fsp3) is 0.467. The van der Waals surface area contributed by atoms with Crippen molar-refractivity contribution in [3.05, 3.63) is 41.5 Å². The Bertz CT molecular complexity index is 738. The number of nitrogens with zero attached hydrogens (tertiary/aromatic N) is 2. The number of ether oxygens (including phenoxy) is 1. The first-order valence-electron chi connectivity index (χ1n) is 7.02. The van der Waals surface area contributed by atoms with Gasteiger partial charge >= 0.3 is 0 Å². The second kappa shape index (κ2) is 6.48. The molecular weight excluding hydrogens is 304 g/mol. The lowest BCUT2D eigenvalue weighted by Gasteiger charge is -2.11. The molecule has 1 heterocycles. The molecular formula is C15H20N2O4S. The van der Waals surface area contributed by atoms with E-state index in [2.05, 4.69) is 10.1 Å². The number of rotatable bonds is 6. The largest absolute Gasteiger partial charge is 0.496 e. The molecule has 0 aliphatic carbocycles. The Balaban J connectivity index is 2.25. The van der Waals surface area contributed by atoms with Gasteiger partial charge in [-0.25, -0.2) is 8.42 Å². The fourth-order valence-electron chi connectivity index (χ4n) is 1.96. The van der Waals surface area contributed by atoms with E-state index >= 15 is 0 Å². The highest BCUT2D eigenvalue weighted by atomic mass is 32.2. The van der Waals surface area contributed by atoms with Crippen molar-refractivity contribution >= 4 is 9.84 Å². The summed E-state index contributed by atoms with van der Waals surface area (Å²) in [5.74, 6) is 1.12. The molecule has 6 nitrogen and oxygen atoms in total. The van der Waals surface area contributed by atoms with E-state index in [0.29, 0.717) is 17.1 Å². The molecule has 0 N–H and O–H groups in total. The Morgan fingerprint density at radius 1 is 1.23 bits per heavy atom. The second-order valence-corrected chi connectivity index (χ2v) is 7.73. The van der Waals surface area contributed by atoms with Gasteiger partial charge in [0, 0.05) is 11.5 Å². The molecule has 0 saturated carbocycles. The Morgan fingerprint density at radius 3 is 2.50 bits per heavy atom. The molecule has 0 spiro atoms. The van der Waals surface area contributed by atoms with Gasteiger partial charge in [-0.1, -0.05) is 37.2 Å². The van der Waals surface area contributed by atoms with Crippen molar-refractivity contribution in [3.63, 3.8) is 0 Å². The summed E-state index contributed by atoms with van der Waals surface area (Å²) in [6.45, 7) is 5.40. The average Bonchev–Trinajstić information content (AvgIpc) is 2.96. The minimum atomic E-state index is -3.49. The van der Waals surface area contributed by atoms with Gasteiger partial charge in [-0.2, -0.15) is 4.98 Å². The lowest BCUT2D eigenvalue weighted by Crippen LogP contribution is -2.14. The van der Waals surface area contributed by atoms with Gasteiger partial charge in [0.05, 0.1) is 12.9 Å².